The lowest BCUT2D eigenvalue weighted by Crippen LogP contribution is -2.26. The van der Waals surface area contributed by atoms with Crippen molar-refractivity contribution in [3.05, 3.63) is 30.0 Å². The third-order valence-corrected chi connectivity index (χ3v) is 3.96. The van der Waals surface area contributed by atoms with Gasteiger partial charge in [-0.1, -0.05) is 5.16 Å². The van der Waals surface area contributed by atoms with Crippen LogP contribution in [0.1, 0.15) is 11.7 Å². The SMILES string of the molecule is CNc1ccc(S(=O)(=O)NCCc2noc(C)n2)cn1. The van der Waals surface area contributed by atoms with Gasteiger partial charge in [0.2, 0.25) is 15.9 Å². The number of anilines is 1. The first-order valence-electron chi connectivity index (χ1n) is 5.94. The zero-order valence-corrected chi connectivity index (χ0v) is 11.9. The zero-order valence-electron chi connectivity index (χ0n) is 11.1. The van der Waals surface area contributed by atoms with E-state index in [9.17, 15) is 8.42 Å². The molecule has 0 aromatic carbocycles. The van der Waals surface area contributed by atoms with Gasteiger partial charge in [-0.05, 0) is 12.1 Å². The first kappa shape index (κ1) is 14.4. The van der Waals surface area contributed by atoms with E-state index in [1.54, 1.807) is 20.0 Å². The topological polar surface area (TPSA) is 110 Å². The second kappa shape index (κ2) is 5.97. The van der Waals surface area contributed by atoms with Gasteiger partial charge in [0.1, 0.15) is 10.7 Å². The zero-order chi connectivity index (χ0) is 14.6. The molecule has 0 aliphatic rings. The highest BCUT2D eigenvalue weighted by Crippen LogP contribution is 2.09. The van der Waals surface area contributed by atoms with Crippen LogP contribution in [0.25, 0.3) is 0 Å². The molecule has 8 nitrogen and oxygen atoms in total. The van der Waals surface area contributed by atoms with Gasteiger partial charge in [0.25, 0.3) is 0 Å². The van der Waals surface area contributed by atoms with Crippen LogP contribution in [-0.4, -0.2) is 37.1 Å². The Morgan fingerprint density at radius 3 is 2.70 bits per heavy atom. The lowest BCUT2D eigenvalue weighted by Gasteiger charge is -2.06. The van der Waals surface area contributed by atoms with Gasteiger partial charge in [-0.3, -0.25) is 0 Å². The van der Waals surface area contributed by atoms with Crippen LogP contribution in [0.15, 0.2) is 27.7 Å². The lowest BCUT2D eigenvalue weighted by molar-refractivity contribution is 0.387. The van der Waals surface area contributed by atoms with Crippen LogP contribution in [0.4, 0.5) is 5.82 Å². The smallest absolute Gasteiger partial charge is 0.242 e. The summed E-state index contributed by atoms with van der Waals surface area (Å²) in [6.07, 6.45) is 1.66. The second-order valence-corrected chi connectivity index (χ2v) is 5.77. The molecule has 0 aliphatic carbocycles. The van der Waals surface area contributed by atoms with Gasteiger partial charge in [0.05, 0.1) is 0 Å². The van der Waals surface area contributed by atoms with Gasteiger partial charge in [-0.25, -0.2) is 18.1 Å². The Morgan fingerprint density at radius 2 is 2.15 bits per heavy atom. The van der Waals surface area contributed by atoms with Crippen molar-refractivity contribution >= 4 is 15.8 Å². The van der Waals surface area contributed by atoms with Crippen molar-refractivity contribution in [3.8, 4) is 0 Å². The Kier molecular flexibility index (Phi) is 4.30. The molecule has 0 radical (unpaired) electrons. The van der Waals surface area contributed by atoms with Crippen LogP contribution in [0, 0.1) is 6.92 Å². The van der Waals surface area contributed by atoms with Gasteiger partial charge >= 0.3 is 0 Å². The Bertz CT molecular complexity index is 666. The Labute approximate surface area is 116 Å². The van der Waals surface area contributed by atoms with Crippen LogP contribution in [0.2, 0.25) is 0 Å². The predicted octanol–water partition coefficient (Wildman–Crippen LogP) is 0.336. The monoisotopic (exact) mass is 297 g/mol. The maximum Gasteiger partial charge on any atom is 0.242 e. The number of nitrogens with one attached hydrogen (secondary N) is 2. The number of sulfonamides is 1. The summed E-state index contributed by atoms with van der Waals surface area (Å²) in [7, 11) is -1.87. The normalized spacial score (nSPS) is 11.5. The van der Waals surface area contributed by atoms with E-state index in [2.05, 4.69) is 25.2 Å². The first-order chi connectivity index (χ1) is 9.51. The number of aromatic nitrogens is 3. The van der Waals surface area contributed by atoms with Crippen LogP contribution in [0.3, 0.4) is 0 Å². The highest BCUT2D eigenvalue weighted by molar-refractivity contribution is 7.89. The summed E-state index contributed by atoms with van der Waals surface area (Å²) in [5.41, 5.74) is 0. The van der Waals surface area contributed by atoms with Crippen molar-refractivity contribution in [2.24, 2.45) is 0 Å². The average molecular weight is 297 g/mol. The molecule has 0 amide bonds. The Hall–Kier alpha value is -2.00. The van der Waals surface area contributed by atoms with Gasteiger partial charge in [0.15, 0.2) is 5.82 Å². The van der Waals surface area contributed by atoms with Gasteiger partial charge in [-0.2, -0.15) is 4.98 Å². The molecular weight excluding hydrogens is 282 g/mol. The van der Waals surface area contributed by atoms with Crippen molar-refractivity contribution in [2.75, 3.05) is 18.9 Å². The Morgan fingerprint density at radius 1 is 1.35 bits per heavy atom. The standard InChI is InChI=1S/C11H15N5O3S/c1-8-15-11(16-19-8)5-6-14-20(17,18)9-3-4-10(12-2)13-7-9/h3-4,7,14H,5-6H2,1-2H3,(H,12,13). The molecule has 2 rings (SSSR count). The van der Waals surface area contributed by atoms with E-state index < -0.39 is 10.0 Å². The molecule has 2 N–H and O–H groups in total. The molecule has 0 spiro atoms. The van der Waals surface area contributed by atoms with E-state index in [1.807, 2.05) is 0 Å². The summed E-state index contributed by atoms with van der Waals surface area (Å²) in [6, 6.07) is 3.08. The van der Waals surface area contributed by atoms with Crippen molar-refractivity contribution in [3.63, 3.8) is 0 Å². The van der Waals surface area contributed by atoms with E-state index in [0.29, 0.717) is 24.0 Å². The van der Waals surface area contributed by atoms with E-state index in [4.69, 9.17) is 4.52 Å². The summed E-state index contributed by atoms with van der Waals surface area (Å²) in [5.74, 6) is 1.52. The van der Waals surface area contributed by atoms with E-state index in [1.165, 1.54) is 12.3 Å². The molecular formula is C11H15N5O3S. The fraction of sp³-hybridized carbons (Fsp3) is 0.364. The number of aryl methyl sites for hydroxylation is 1. The first-order valence-corrected chi connectivity index (χ1v) is 7.42. The predicted molar refractivity (Wildman–Crippen MR) is 71.7 cm³/mol. The highest BCUT2D eigenvalue weighted by atomic mass is 32.2. The lowest BCUT2D eigenvalue weighted by atomic mass is 10.4. The quantitative estimate of drug-likeness (QED) is 0.790. The summed E-state index contributed by atoms with van der Waals surface area (Å²) in [5, 5.41) is 6.51. The largest absolute Gasteiger partial charge is 0.373 e. The second-order valence-electron chi connectivity index (χ2n) is 4.01. The molecule has 0 saturated carbocycles. The molecule has 2 aromatic heterocycles. The Balaban J connectivity index is 1.96. The van der Waals surface area contributed by atoms with Crippen LogP contribution in [0.5, 0.6) is 0 Å². The highest BCUT2D eigenvalue weighted by Gasteiger charge is 2.14. The molecule has 2 aromatic rings. The molecule has 0 saturated heterocycles. The van der Waals surface area contributed by atoms with Gasteiger partial charge in [0, 0.05) is 33.1 Å². The molecule has 0 unspecified atom stereocenters. The minimum Gasteiger partial charge on any atom is -0.373 e. The van der Waals surface area contributed by atoms with Crippen molar-refractivity contribution in [1.82, 2.24) is 19.8 Å². The maximum atomic E-state index is 12.0. The number of nitrogens with zero attached hydrogens (tertiary/aromatic N) is 3. The average Bonchev–Trinajstić information content (AvgIpc) is 2.84. The summed E-state index contributed by atoms with van der Waals surface area (Å²) < 4.78 is 31.2. The van der Waals surface area contributed by atoms with E-state index >= 15 is 0 Å². The molecule has 0 fully saturated rings. The molecule has 2 heterocycles. The summed E-state index contributed by atoms with van der Waals surface area (Å²) >= 11 is 0. The van der Waals surface area contributed by atoms with Crippen LogP contribution >= 0.6 is 0 Å². The number of rotatable bonds is 6. The molecule has 108 valence electrons. The molecule has 0 aliphatic heterocycles. The van der Waals surface area contributed by atoms with Gasteiger partial charge < -0.3 is 9.84 Å². The summed E-state index contributed by atoms with van der Waals surface area (Å²) in [4.78, 5) is 8.07. The van der Waals surface area contributed by atoms with Crippen molar-refractivity contribution < 1.29 is 12.9 Å². The molecule has 20 heavy (non-hydrogen) atoms. The number of hydrogen-bond donors (Lipinski definition) is 2. The third kappa shape index (κ3) is 3.52. The maximum absolute atomic E-state index is 12.0. The van der Waals surface area contributed by atoms with Crippen LogP contribution in [-0.2, 0) is 16.4 Å². The fourth-order valence-corrected chi connectivity index (χ4v) is 2.49. The van der Waals surface area contributed by atoms with E-state index in [-0.39, 0.29) is 11.4 Å². The number of hydrogen-bond acceptors (Lipinski definition) is 7. The number of pyridine rings is 1. The summed E-state index contributed by atoms with van der Waals surface area (Å²) in [6.45, 7) is 1.87. The van der Waals surface area contributed by atoms with Gasteiger partial charge in [-0.15, -0.1) is 0 Å². The van der Waals surface area contributed by atoms with Crippen molar-refractivity contribution in [1.29, 1.82) is 0 Å². The fourth-order valence-electron chi connectivity index (χ4n) is 1.51. The van der Waals surface area contributed by atoms with Crippen LogP contribution < -0.4 is 10.0 Å². The van der Waals surface area contributed by atoms with E-state index in [0.717, 1.165) is 0 Å². The molecule has 9 heteroatoms. The minimum absolute atomic E-state index is 0.112. The van der Waals surface area contributed by atoms with Crippen molar-refractivity contribution in [2.45, 2.75) is 18.2 Å². The minimum atomic E-state index is -3.58. The molecule has 0 atom stereocenters. The third-order valence-electron chi connectivity index (χ3n) is 2.51. The molecule has 0 bridgehead atoms.